The number of nitrogens with one attached hydrogen (secondary N) is 2. The number of rotatable bonds is 3. The molecule has 2 aromatic carbocycles. The summed E-state index contributed by atoms with van der Waals surface area (Å²) in [5.74, 6) is 0. The van der Waals surface area contributed by atoms with Gasteiger partial charge in [0.15, 0.2) is 0 Å². The van der Waals surface area contributed by atoms with E-state index in [4.69, 9.17) is 11.6 Å². The predicted molar refractivity (Wildman–Crippen MR) is 84.9 cm³/mol. The van der Waals surface area contributed by atoms with Crippen LogP contribution in [0.4, 0.5) is 21.9 Å². The highest BCUT2D eigenvalue weighted by atomic mass is 79.9. The monoisotopic (exact) mass is 369 g/mol. The quantitative estimate of drug-likeness (QED) is 0.609. The molecule has 0 bridgehead atoms. The Morgan fingerprint density at radius 1 is 1.19 bits per heavy atom. The molecule has 0 saturated carbocycles. The van der Waals surface area contributed by atoms with E-state index in [0.717, 1.165) is 0 Å². The van der Waals surface area contributed by atoms with Crippen molar-refractivity contribution in [1.29, 1.82) is 0 Å². The molecule has 108 valence electrons. The SMILES string of the molecule is O=C(Nc1cccc(Cl)c1)Nc1ccc([N+](=O)[O-])cc1Br. The summed E-state index contributed by atoms with van der Waals surface area (Å²) >= 11 is 8.99. The summed E-state index contributed by atoms with van der Waals surface area (Å²) in [4.78, 5) is 22.0. The van der Waals surface area contributed by atoms with Crippen LogP contribution >= 0.6 is 27.5 Å². The maximum atomic E-state index is 11.8. The fourth-order valence-corrected chi connectivity index (χ4v) is 2.23. The van der Waals surface area contributed by atoms with E-state index in [2.05, 4.69) is 26.6 Å². The Kier molecular flexibility index (Phi) is 4.77. The molecule has 6 nitrogen and oxygen atoms in total. The minimum atomic E-state index is -0.513. The average molecular weight is 371 g/mol. The molecule has 0 aliphatic heterocycles. The summed E-state index contributed by atoms with van der Waals surface area (Å²) in [6.07, 6.45) is 0. The smallest absolute Gasteiger partial charge is 0.308 e. The number of hydrogen-bond acceptors (Lipinski definition) is 3. The van der Waals surface area contributed by atoms with E-state index in [1.165, 1.54) is 18.2 Å². The molecule has 0 spiro atoms. The molecule has 21 heavy (non-hydrogen) atoms. The first-order valence-corrected chi connectivity index (χ1v) is 6.90. The maximum Gasteiger partial charge on any atom is 0.323 e. The molecule has 2 rings (SSSR count). The number of carbonyl (C=O) groups is 1. The number of nitro groups is 1. The molecule has 0 aliphatic rings. The fourth-order valence-electron chi connectivity index (χ4n) is 1.57. The number of nitrogens with zero attached hydrogens (tertiary/aromatic N) is 1. The molecule has 8 heteroatoms. The van der Waals surface area contributed by atoms with Crippen molar-refractivity contribution in [2.45, 2.75) is 0 Å². The normalized spacial score (nSPS) is 10.0. The molecule has 0 atom stereocenters. The van der Waals surface area contributed by atoms with Crippen molar-refractivity contribution >= 4 is 50.6 Å². The first-order valence-electron chi connectivity index (χ1n) is 5.73. The third kappa shape index (κ3) is 4.17. The first-order chi connectivity index (χ1) is 9.95. The van der Waals surface area contributed by atoms with Gasteiger partial charge < -0.3 is 10.6 Å². The van der Waals surface area contributed by atoms with Gasteiger partial charge in [0.05, 0.1) is 10.6 Å². The number of amides is 2. The molecule has 2 N–H and O–H groups in total. The van der Waals surface area contributed by atoms with Crippen LogP contribution in [0.2, 0.25) is 5.02 Å². The molecule has 0 fully saturated rings. The van der Waals surface area contributed by atoms with Crippen molar-refractivity contribution in [2.24, 2.45) is 0 Å². The standard InChI is InChI=1S/C13H9BrClN3O3/c14-11-7-10(18(20)21)4-5-12(11)17-13(19)16-9-3-1-2-8(15)6-9/h1-7H,(H2,16,17,19). The second kappa shape index (κ2) is 6.55. The van der Waals surface area contributed by atoms with Crippen molar-refractivity contribution in [3.05, 3.63) is 62.1 Å². The van der Waals surface area contributed by atoms with E-state index in [9.17, 15) is 14.9 Å². The van der Waals surface area contributed by atoms with Gasteiger partial charge >= 0.3 is 6.03 Å². The Hall–Kier alpha value is -2.12. The van der Waals surface area contributed by atoms with E-state index < -0.39 is 11.0 Å². The summed E-state index contributed by atoms with van der Waals surface area (Å²) in [5.41, 5.74) is 0.890. The van der Waals surface area contributed by atoms with Gasteiger partial charge in [-0.1, -0.05) is 17.7 Å². The van der Waals surface area contributed by atoms with Crippen LogP contribution in [-0.2, 0) is 0 Å². The predicted octanol–water partition coefficient (Wildman–Crippen LogP) is 4.65. The Morgan fingerprint density at radius 2 is 1.95 bits per heavy atom. The van der Waals surface area contributed by atoms with Crippen molar-refractivity contribution in [1.82, 2.24) is 0 Å². The number of non-ortho nitro benzene ring substituents is 1. The zero-order chi connectivity index (χ0) is 15.4. The maximum absolute atomic E-state index is 11.8. The van der Waals surface area contributed by atoms with Gasteiger partial charge in [-0.2, -0.15) is 0 Å². The number of benzene rings is 2. The van der Waals surface area contributed by atoms with E-state index in [0.29, 0.717) is 20.9 Å². The van der Waals surface area contributed by atoms with Crippen molar-refractivity contribution in [2.75, 3.05) is 10.6 Å². The van der Waals surface area contributed by atoms with Crippen molar-refractivity contribution in [3.63, 3.8) is 0 Å². The number of carbonyl (C=O) groups excluding carboxylic acids is 1. The lowest BCUT2D eigenvalue weighted by molar-refractivity contribution is -0.384. The van der Waals surface area contributed by atoms with Crippen molar-refractivity contribution in [3.8, 4) is 0 Å². The number of nitro benzene ring substituents is 1. The lowest BCUT2D eigenvalue weighted by Gasteiger charge is -2.09. The fraction of sp³-hybridized carbons (Fsp3) is 0. The second-order valence-corrected chi connectivity index (χ2v) is 5.30. The summed E-state index contributed by atoms with van der Waals surface area (Å²) < 4.78 is 0.415. The zero-order valence-electron chi connectivity index (χ0n) is 10.5. The molecule has 0 unspecified atom stereocenters. The van der Waals surface area contributed by atoms with E-state index >= 15 is 0 Å². The molecule has 0 heterocycles. The molecular formula is C13H9BrClN3O3. The van der Waals surface area contributed by atoms with Gasteiger partial charge in [0, 0.05) is 27.3 Å². The second-order valence-electron chi connectivity index (χ2n) is 4.01. The number of halogens is 2. The van der Waals surface area contributed by atoms with Crippen LogP contribution in [0.5, 0.6) is 0 Å². The van der Waals surface area contributed by atoms with Gasteiger partial charge in [0.2, 0.25) is 0 Å². The highest BCUT2D eigenvalue weighted by Gasteiger charge is 2.11. The van der Waals surface area contributed by atoms with Gasteiger partial charge in [-0.25, -0.2) is 4.79 Å². The lowest BCUT2D eigenvalue weighted by Crippen LogP contribution is -2.19. The third-order valence-corrected chi connectivity index (χ3v) is 3.39. The highest BCUT2D eigenvalue weighted by molar-refractivity contribution is 9.10. The first kappa shape index (κ1) is 15.3. The number of anilines is 2. The van der Waals surface area contributed by atoms with E-state index in [1.807, 2.05) is 0 Å². The summed E-state index contributed by atoms with van der Waals surface area (Å²) in [6, 6.07) is 10.3. The zero-order valence-corrected chi connectivity index (χ0v) is 12.8. The summed E-state index contributed by atoms with van der Waals surface area (Å²) in [7, 11) is 0. The largest absolute Gasteiger partial charge is 0.323 e. The minimum Gasteiger partial charge on any atom is -0.308 e. The van der Waals surface area contributed by atoms with Gasteiger partial charge in [-0.3, -0.25) is 10.1 Å². The van der Waals surface area contributed by atoms with E-state index in [1.54, 1.807) is 24.3 Å². The number of urea groups is 1. The molecular weight excluding hydrogens is 362 g/mol. The van der Waals surface area contributed by atoms with Gasteiger partial charge in [-0.15, -0.1) is 0 Å². The van der Waals surface area contributed by atoms with Crippen LogP contribution in [0.3, 0.4) is 0 Å². The van der Waals surface area contributed by atoms with Crippen LogP contribution in [0.1, 0.15) is 0 Å². The lowest BCUT2D eigenvalue weighted by atomic mass is 10.3. The molecule has 2 aromatic rings. The Bertz CT molecular complexity index is 709. The Balaban J connectivity index is 2.08. The Morgan fingerprint density at radius 3 is 2.57 bits per heavy atom. The highest BCUT2D eigenvalue weighted by Crippen LogP contribution is 2.27. The summed E-state index contributed by atoms with van der Waals surface area (Å²) in [5, 5.41) is 16.3. The third-order valence-electron chi connectivity index (χ3n) is 2.49. The van der Waals surface area contributed by atoms with E-state index in [-0.39, 0.29) is 5.69 Å². The van der Waals surface area contributed by atoms with Crippen LogP contribution in [0.15, 0.2) is 46.9 Å². The van der Waals surface area contributed by atoms with Crippen LogP contribution < -0.4 is 10.6 Å². The molecule has 0 saturated heterocycles. The molecule has 0 radical (unpaired) electrons. The van der Waals surface area contributed by atoms with Crippen LogP contribution in [0, 0.1) is 10.1 Å². The average Bonchev–Trinajstić information content (AvgIpc) is 2.40. The van der Waals surface area contributed by atoms with Gasteiger partial charge in [-0.05, 0) is 40.2 Å². The summed E-state index contributed by atoms with van der Waals surface area (Å²) in [6.45, 7) is 0. The Labute approximate surface area is 133 Å². The van der Waals surface area contributed by atoms with Crippen molar-refractivity contribution < 1.29 is 9.72 Å². The van der Waals surface area contributed by atoms with Gasteiger partial charge in [0.25, 0.3) is 5.69 Å². The van der Waals surface area contributed by atoms with Crippen LogP contribution in [0.25, 0.3) is 0 Å². The topological polar surface area (TPSA) is 84.3 Å². The van der Waals surface area contributed by atoms with Crippen LogP contribution in [-0.4, -0.2) is 11.0 Å². The molecule has 2 amide bonds. The molecule has 0 aromatic heterocycles. The van der Waals surface area contributed by atoms with Gasteiger partial charge in [0.1, 0.15) is 0 Å². The minimum absolute atomic E-state index is 0.0670. The number of hydrogen-bond donors (Lipinski definition) is 2. The molecule has 0 aliphatic carbocycles.